The lowest BCUT2D eigenvalue weighted by Crippen LogP contribution is -2.25. The standard InChI is InChI=1S/C12H22N6/c1-12(6-4-5-7-12)8-14-10-15-9(13)16-11(17-10)18(2)3/h4-8H2,1-3H3,(H3,13,14,15,16,17). The van der Waals surface area contributed by atoms with Crippen molar-refractivity contribution in [3.8, 4) is 0 Å². The second-order valence-electron chi connectivity index (χ2n) is 5.58. The van der Waals surface area contributed by atoms with Crippen LogP contribution in [-0.2, 0) is 0 Å². The summed E-state index contributed by atoms with van der Waals surface area (Å²) in [4.78, 5) is 14.4. The molecule has 3 N–H and O–H groups in total. The molecule has 1 aliphatic rings. The zero-order valence-corrected chi connectivity index (χ0v) is 11.4. The van der Waals surface area contributed by atoms with Gasteiger partial charge in [-0.05, 0) is 18.3 Å². The van der Waals surface area contributed by atoms with Crippen LogP contribution >= 0.6 is 0 Å². The Kier molecular flexibility index (Phi) is 3.54. The summed E-state index contributed by atoms with van der Waals surface area (Å²) in [5.41, 5.74) is 6.05. The summed E-state index contributed by atoms with van der Waals surface area (Å²) in [6.45, 7) is 3.20. The van der Waals surface area contributed by atoms with E-state index in [2.05, 4.69) is 27.2 Å². The van der Waals surface area contributed by atoms with Gasteiger partial charge in [-0.15, -0.1) is 0 Å². The molecule has 18 heavy (non-hydrogen) atoms. The quantitative estimate of drug-likeness (QED) is 0.843. The number of hydrogen-bond donors (Lipinski definition) is 2. The SMILES string of the molecule is CN(C)c1nc(N)nc(NCC2(C)CCCC2)n1. The maximum atomic E-state index is 5.69. The zero-order valence-electron chi connectivity index (χ0n) is 11.4. The first-order valence-electron chi connectivity index (χ1n) is 6.41. The minimum absolute atomic E-state index is 0.257. The molecule has 1 aliphatic carbocycles. The third kappa shape index (κ3) is 3.00. The number of rotatable bonds is 4. The van der Waals surface area contributed by atoms with Crippen molar-refractivity contribution in [2.45, 2.75) is 32.6 Å². The van der Waals surface area contributed by atoms with Gasteiger partial charge in [-0.25, -0.2) is 0 Å². The number of anilines is 3. The molecule has 6 heteroatoms. The van der Waals surface area contributed by atoms with E-state index >= 15 is 0 Å². The van der Waals surface area contributed by atoms with Gasteiger partial charge in [-0.3, -0.25) is 0 Å². The smallest absolute Gasteiger partial charge is 0.231 e. The van der Waals surface area contributed by atoms with E-state index in [9.17, 15) is 0 Å². The van der Waals surface area contributed by atoms with Crippen LogP contribution in [0.15, 0.2) is 0 Å². The van der Waals surface area contributed by atoms with Crippen LogP contribution in [0, 0.1) is 5.41 Å². The normalized spacial score (nSPS) is 17.7. The third-order valence-corrected chi connectivity index (χ3v) is 3.52. The average molecular weight is 250 g/mol. The molecule has 0 aromatic carbocycles. The molecule has 1 aromatic heterocycles. The molecule has 0 saturated heterocycles. The Balaban J connectivity index is 2.04. The fourth-order valence-electron chi connectivity index (χ4n) is 2.36. The van der Waals surface area contributed by atoms with Gasteiger partial charge in [0.1, 0.15) is 0 Å². The minimum Gasteiger partial charge on any atom is -0.368 e. The molecule has 0 bridgehead atoms. The highest BCUT2D eigenvalue weighted by Gasteiger charge is 2.28. The van der Waals surface area contributed by atoms with Crippen LogP contribution in [0.25, 0.3) is 0 Å². The van der Waals surface area contributed by atoms with E-state index in [1.54, 1.807) is 0 Å². The Bertz CT molecular complexity index is 411. The summed E-state index contributed by atoms with van der Waals surface area (Å²) < 4.78 is 0. The highest BCUT2D eigenvalue weighted by molar-refractivity contribution is 5.40. The van der Waals surface area contributed by atoms with Crippen molar-refractivity contribution in [3.63, 3.8) is 0 Å². The summed E-state index contributed by atoms with van der Waals surface area (Å²) in [6, 6.07) is 0. The molecule has 1 fully saturated rings. The van der Waals surface area contributed by atoms with Crippen LogP contribution < -0.4 is 16.0 Å². The van der Waals surface area contributed by atoms with Crippen LogP contribution in [0.5, 0.6) is 0 Å². The van der Waals surface area contributed by atoms with Gasteiger partial charge in [0.05, 0.1) is 0 Å². The van der Waals surface area contributed by atoms with Gasteiger partial charge in [-0.1, -0.05) is 19.8 Å². The first kappa shape index (κ1) is 12.9. The van der Waals surface area contributed by atoms with E-state index in [1.807, 2.05) is 19.0 Å². The summed E-state index contributed by atoms with van der Waals surface area (Å²) in [6.07, 6.45) is 5.17. The lowest BCUT2D eigenvalue weighted by molar-refractivity contribution is 0.361. The monoisotopic (exact) mass is 250 g/mol. The first-order valence-corrected chi connectivity index (χ1v) is 6.41. The van der Waals surface area contributed by atoms with Crippen molar-refractivity contribution in [2.75, 3.05) is 36.6 Å². The fourth-order valence-corrected chi connectivity index (χ4v) is 2.36. The van der Waals surface area contributed by atoms with Gasteiger partial charge in [0, 0.05) is 20.6 Å². The molecule has 100 valence electrons. The fraction of sp³-hybridized carbons (Fsp3) is 0.750. The van der Waals surface area contributed by atoms with Crippen molar-refractivity contribution >= 4 is 17.8 Å². The number of nitrogens with zero attached hydrogens (tertiary/aromatic N) is 4. The Morgan fingerprint density at radius 3 is 2.50 bits per heavy atom. The number of aromatic nitrogens is 3. The molecule has 1 aromatic rings. The van der Waals surface area contributed by atoms with Gasteiger partial charge in [-0.2, -0.15) is 15.0 Å². The average Bonchev–Trinajstić information content (AvgIpc) is 2.73. The third-order valence-electron chi connectivity index (χ3n) is 3.52. The Morgan fingerprint density at radius 2 is 1.89 bits per heavy atom. The predicted molar refractivity (Wildman–Crippen MR) is 73.6 cm³/mol. The maximum Gasteiger partial charge on any atom is 0.231 e. The van der Waals surface area contributed by atoms with Gasteiger partial charge in [0.15, 0.2) is 0 Å². The molecule has 0 spiro atoms. The van der Waals surface area contributed by atoms with E-state index in [4.69, 9.17) is 5.73 Å². The lowest BCUT2D eigenvalue weighted by atomic mass is 9.89. The largest absolute Gasteiger partial charge is 0.368 e. The Morgan fingerprint density at radius 1 is 1.22 bits per heavy atom. The molecular formula is C12H22N6. The summed E-state index contributed by atoms with van der Waals surface area (Å²) in [5.74, 6) is 1.41. The zero-order chi connectivity index (χ0) is 13.2. The van der Waals surface area contributed by atoms with E-state index in [0.717, 1.165) is 6.54 Å². The summed E-state index contributed by atoms with van der Waals surface area (Å²) in [7, 11) is 3.77. The number of hydrogen-bond acceptors (Lipinski definition) is 6. The van der Waals surface area contributed by atoms with Crippen molar-refractivity contribution in [1.82, 2.24) is 15.0 Å². The van der Waals surface area contributed by atoms with Gasteiger partial charge in [0.2, 0.25) is 17.8 Å². The van der Waals surface area contributed by atoms with Crippen LogP contribution in [0.3, 0.4) is 0 Å². The summed E-state index contributed by atoms with van der Waals surface area (Å²) in [5, 5.41) is 3.29. The van der Waals surface area contributed by atoms with E-state index < -0.39 is 0 Å². The van der Waals surface area contributed by atoms with Crippen molar-refractivity contribution in [1.29, 1.82) is 0 Å². The van der Waals surface area contributed by atoms with Crippen molar-refractivity contribution in [3.05, 3.63) is 0 Å². The Hall–Kier alpha value is -1.59. The molecule has 0 unspecified atom stereocenters. The van der Waals surface area contributed by atoms with Crippen LogP contribution in [0.1, 0.15) is 32.6 Å². The molecular weight excluding hydrogens is 228 g/mol. The van der Waals surface area contributed by atoms with E-state index in [0.29, 0.717) is 17.3 Å². The second-order valence-corrected chi connectivity index (χ2v) is 5.58. The second kappa shape index (κ2) is 4.96. The highest BCUT2D eigenvalue weighted by atomic mass is 15.3. The predicted octanol–water partition coefficient (Wildman–Crippen LogP) is 1.51. The minimum atomic E-state index is 0.257. The molecule has 0 radical (unpaired) electrons. The Labute approximate surface area is 108 Å². The molecule has 0 aliphatic heterocycles. The molecule has 1 saturated carbocycles. The van der Waals surface area contributed by atoms with Crippen LogP contribution in [0.4, 0.5) is 17.8 Å². The molecule has 1 heterocycles. The number of nitrogen functional groups attached to an aromatic ring is 1. The lowest BCUT2D eigenvalue weighted by Gasteiger charge is -2.23. The molecule has 0 amide bonds. The summed E-state index contributed by atoms with van der Waals surface area (Å²) >= 11 is 0. The van der Waals surface area contributed by atoms with Gasteiger partial charge >= 0.3 is 0 Å². The number of nitrogens with one attached hydrogen (secondary N) is 1. The van der Waals surface area contributed by atoms with Gasteiger partial charge in [0.25, 0.3) is 0 Å². The topological polar surface area (TPSA) is 80.0 Å². The van der Waals surface area contributed by atoms with E-state index in [1.165, 1.54) is 25.7 Å². The molecule has 0 atom stereocenters. The maximum absolute atomic E-state index is 5.69. The van der Waals surface area contributed by atoms with E-state index in [-0.39, 0.29) is 5.95 Å². The van der Waals surface area contributed by atoms with Gasteiger partial charge < -0.3 is 16.0 Å². The molecule has 6 nitrogen and oxygen atoms in total. The van der Waals surface area contributed by atoms with Crippen LogP contribution in [0.2, 0.25) is 0 Å². The first-order chi connectivity index (χ1) is 8.48. The van der Waals surface area contributed by atoms with Crippen molar-refractivity contribution < 1.29 is 0 Å². The molecule has 2 rings (SSSR count). The number of nitrogens with two attached hydrogens (primary N) is 1. The highest BCUT2D eigenvalue weighted by Crippen LogP contribution is 2.37. The van der Waals surface area contributed by atoms with Crippen molar-refractivity contribution in [2.24, 2.45) is 5.41 Å². The van der Waals surface area contributed by atoms with Crippen LogP contribution in [-0.4, -0.2) is 35.6 Å².